The summed E-state index contributed by atoms with van der Waals surface area (Å²) in [5.41, 5.74) is 2.15. The van der Waals surface area contributed by atoms with Gasteiger partial charge in [0.1, 0.15) is 22.8 Å². The van der Waals surface area contributed by atoms with Crippen LogP contribution in [0.15, 0.2) is 53.6 Å². The number of pyridine rings is 2. The number of anilines is 1. The van der Waals surface area contributed by atoms with Crippen LogP contribution in [0.4, 0.5) is 5.82 Å². The molecule has 0 spiro atoms. The van der Waals surface area contributed by atoms with Crippen LogP contribution in [-0.2, 0) is 6.54 Å². The Bertz CT molecular complexity index is 1820. The molecule has 1 aliphatic rings. The van der Waals surface area contributed by atoms with Crippen molar-refractivity contribution in [2.75, 3.05) is 38.1 Å². The highest BCUT2D eigenvalue weighted by atomic mass is 32.1. The molecule has 0 aliphatic carbocycles. The summed E-state index contributed by atoms with van der Waals surface area (Å²) in [6.45, 7) is 9.48. The number of likely N-dealkylation sites (N-methyl/N-ethyl adjacent to an activating group) is 1. The maximum Gasteiger partial charge on any atom is 0.274 e. The number of aromatic amines is 1. The molecule has 10 nitrogen and oxygen atoms in total. The Balaban J connectivity index is 0.00000158. The lowest BCUT2D eigenvalue weighted by molar-refractivity contribution is -0.506. The molecule has 0 saturated carbocycles. The molecule has 40 heavy (non-hydrogen) atoms. The van der Waals surface area contributed by atoms with Gasteiger partial charge in [0.25, 0.3) is 11.6 Å². The summed E-state index contributed by atoms with van der Waals surface area (Å²) in [6.07, 6.45) is 3.99. The van der Waals surface area contributed by atoms with Crippen molar-refractivity contribution in [3.63, 3.8) is 0 Å². The van der Waals surface area contributed by atoms with Gasteiger partial charge in [0.15, 0.2) is 5.65 Å². The number of H-pyrrole nitrogens is 1. The predicted octanol–water partition coefficient (Wildman–Crippen LogP) is 3.71. The van der Waals surface area contributed by atoms with Gasteiger partial charge in [0.2, 0.25) is 11.6 Å². The van der Waals surface area contributed by atoms with Crippen molar-refractivity contribution in [1.82, 2.24) is 24.6 Å². The van der Waals surface area contributed by atoms with Gasteiger partial charge >= 0.3 is 0 Å². The first-order valence-electron chi connectivity index (χ1n) is 13.6. The van der Waals surface area contributed by atoms with Crippen molar-refractivity contribution < 1.29 is 9.22 Å². The lowest BCUT2D eigenvalue weighted by Crippen LogP contribution is -2.33. The van der Waals surface area contributed by atoms with Crippen LogP contribution >= 0.6 is 11.3 Å². The zero-order chi connectivity index (χ0) is 28.4. The molecule has 1 aliphatic heterocycles. The quantitative estimate of drug-likeness (QED) is 0.325. The number of carbonyl (C=O) groups is 1. The van der Waals surface area contributed by atoms with Crippen LogP contribution < -0.4 is 20.1 Å². The van der Waals surface area contributed by atoms with Gasteiger partial charge in [0.05, 0.1) is 31.9 Å². The van der Waals surface area contributed by atoms with E-state index in [0.717, 1.165) is 48.6 Å². The molecule has 6 rings (SSSR count). The van der Waals surface area contributed by atoms with E-state index < -0.39 is 5.91 Å². The van der Waals surface area contributed by atoms with Gasteiger partial charge in [-0.2, -0.15) is 0 Å². The molecule has 0 atom stereocenters. The number of benzene rings is 1. The van der Waals surface area contributed by atoms with Gasteiger partial charge < -0.3 is 20.1 Å². The summed E-state index contributed by atoms with van der Waals surface area (Å²) in [5.74, 6) is 0.297. The SMILES string of the molecule is CC.Cc1c[n+](=O)c(CNC(=O)c2c(=O)c3ccc(N4CCCN(C)CC4)nc3n3c2sc2ccccc23)c[nH]1. The Kier molecular flexibility index (Phi) is 7.95. The second-order valence-electron chi connectivity index (χ2n) is 9.70. The highest BCUT2D eigenvalue weighted by Crippen LogP contribution is 2.31. The molecule has 1 saturated heterocycles. The number of nitrogens with one attached hydrogen (secondary N) is 2. The van der Waals surface area contributed by atoms with E-state index in [0.29, 0.717) is 31.7 Å². The lowest BCUT2D eigenvalue weighted by Gasteiger charge is -2.22. The van der Waals surface area contributed by atoms with Crippen molar-refractivity contribution >= 4 is 49.1 Å². The average molecular weight is 561 g/mol. The summed E-state index contributed by atoms with van der Waals surface area (Å²) in [4.78, 5) is 52.5. The van der Waals surface area contributed by atoms with Gasteiger partial charge in [-0.1, -0.05) is 26.0 Å². The highest BCUT2D eigenvalue weighted by Gasteiger charge is 2.24. The number of aromatic nitrogens is 4. The number of thiazole rings is 1. The molecule has 4 aromatic heterocycles. The molecule has 2 N–H and O–H groups in total. The van der Waals surface area contributed by atoms with E-state index in [-0.39, 0.29) is 17.5 Å². The van der Waals surface area contributed by atoms with Crippen molar-refractivity contribution in [3.05, 3.63) is 80.9 Å². The number of nitrogens with zero attached hydrogens (tertiary/aromatic N) is 5. The fourth-order valence-electron chi connectivity index (χ4n) is 4.98. The molecule has 5 heterocycles. The van der Waals surface area contributed by atoms with Gasteiger partial charge in [-0.05, 0) is 51.2 Å². The first kappa shape index (κ1) is 27.5. The van der Waals surface area contributed by atoms with Crippen LogP contribution in [0.2, 0.25) is 0 Å². The van der Waals surface area contributed by atoms with Crippen LogP contribution in [0.25, 0.3) is 26.1 Å². The minimum absolute atomic E-state index is 0.0196. The largest absolute Gasteiger partial charge is 0.355 e. The highest BCUT2D eigenvalue weighted by molar-refractivity contribution is 7.24. The third kappa shape index (κ3) is 5.09. The molecule has 0 unspecified atom stereocenters. The molecule has 1 amide bonds. The summed E-state index contributed by atoms with van der Waals surface area (Å²) < 4.78 is 3.58. The van der Waals surface area contributed by atoms with Crippen LogP contribution in [0.1, 0.15) is 42.0 Å². The minimum Gasteiger partial charge on any atom is -0.355 e. The van der Waals surface area contributed by atoms with Crippen molar-refractivity contribution in [2.24, 2.45) is 0 Å². The first-order chi connectivity index (χ1) is 19.4. The second-order valence-corrected chi connectivity index (χ2v) is 10.7. The third-order valence-electron chi connectivity index (χ3n) is 7.03. The molecule has 0 radical (unpaired) electrons. The maximum atomic E-state index is 13.8. The number of fused-ring (bicyclic) bond motifs is 5. The summed E-state index contributed by atoms with van der Waals surface area (Å²) in [5, 5.41) is 3.16. The molecule has 5 aromatic rings. The first-order valence-corrected chi connectivity index (χ1v) is 14.4. The Morgan fingerprint density at radius 1 is 1.12 bits per heavy atom. The van der Waals surface area contributed by atoms with E-state index in [2.05, 4.69) is 27.1 Å². The number of hydrogen-bond donors (Lipinski definition) is 2. The fourth-order valence-corrected chi connectivity index (χ4v) is 6.16. The van der Waals surface area contributed by atoms with E-state index in [1.165, 1.54) is 17.5 Å². The molecule has 208 valence electrons. The van der Waals surface area contributed by atoms with Gasteiger partial charge in [-0.15, -0.1) is 11.3 Å². The lowest BCUT2D eigenvalue weighted by atomic mass is 10.1. The van der Waals surface area contributed by atoms with Gasteiger partial charge in [-0.25, -0.2) is 4.98 Å². The Labute approximate surface area is 235 Å². The number of rotatable bonds is 4. The molecule has 1 fully saturated rings. The van der Waals surface area contributed by atoms with E-state index in [1.54, 1.807) is 19.2 Å². The zero-order valence-electron chi connectivity index (χ0n) is 23.2. The molecule has 11 heteroatoms. The summed E-state index contributed by atoms with van der Waals surface area (Å²) in [6, 6.07) is 11.5. The standard InChI is InChI=1S/C27H27N7O3S.C2H6/c1-17-16-33(37)18(14-28-17)15-29-26(36)23-24(35)19-8-9-22(32-11-5-10-31(2)12-13-32)30-25(19)34-20-6-3-4-7-21(20)38-27(23)34;1-2/h3-4,6-9,14,16H,5,10-13,15H2,1-2H3,(H-,28,29,36,37);1-2H3/p+1. The minimum atomic E-state index is -0.527. The van der Waals surface area contributed by atoms with Crippen LogP contribution in [-0.4, -0.2) is 58.4 Å². The number of aryl methyl sites for hydroxylation is 1. The monoisotopic (exact) mass is 560 g/mol. The van der Waals surface area contributed by atoms with Gasteiger partial charge in [0, 0.05) is 24.5 Å². The van der Waals surface area contributed by atoms with Crippen molar-refractivity contribution in [3.8, 4) is 0 Å². The van der Waals surface area contributed by atoms with Gasteiger partial charge in [-0.3, -0.25) is 14.0 Å². The fraction of sp³-hybridized carbons (Fsp3) is 0.345. The van der Waals surface area contributed by atoms with Crippen molar-refractivity contribution in [1.29, 1.82) is 0 Å². The van der Waals surface area contributed by atoms with Crippen LogP contribution in [0.3, 0.4) is 0 Å². The Morgan fingerprint density at radius 2 is 1.93 bits per heavy atom. The third-order valence-corrected chi connectivity index (χ3v) is 8.18. The number of carbonyl (C=O) groups excluding carboxylic acids is 1. The van der Waals surface area contributed by atoms with E-state index >= 15 is 0 Å². The summed E-state index contributed by atoms with van der Waals surface area (Å²) in [7, 11) is 2.12. The van der Waals surface area contributed by atoms with Crippen molar-refractivity contribution in [2.45, 2.75) is 33.7 Å². The topological polar surface area (TPSA) is 109 Å². The summed E-state index contributed by atoms with van der Waals surface area (Å²) >= 11 is 1.39. The predicted molar refractivity (Wildman–Crippen MR) is 160 cm³/mol. The number of amides is 1. The van der Waals surface area contributed by atoms with E-state index in [9.17, 15) is 14.5 Å². The second kappa shape index (κ2) is 11.6. The van der Waals surface area contributed by atoms with E-state index in [1.807, 2.05) is 48.6 Å². The zero-order valence-corrected chi connectivity index (χ0v) is 24.0. The Hall–Kier alpha value is -4.09. The molecule has 1 aromatic carbocycles. The normalized spacial score (nSPS) is 14.2. The number of hydrogen-bond acceptors (Lipinski definition) is 7. The molecular formula is C29H34N7O3S+. The molecule has 0 bridgehead atoms. The average Bonchev–Trinajstić information content (AvgIpc) is 3.20. The van der Waals surface area contributed by atoms with E-state index in [4.69, 9.17) is 4.98 Å². The van der Waals surface area contributed by atoms with Crippen LogP contribution in [0.5, 0.6) is 0 Å². The smallest absolute Gasteiger partial charge is 0.274 e. The molecular weight excluding hydrogens is 526 g/mol. The van der Waals surface area contributed by atoms with Crippen LogP contribution in [0, 0.1) is 11.8 Å². The number of para-hydroxylation sites is 1. The maximum absolute atomic E-state index is 13.8. The Morgan fingerprint density at radius 3 is 2.73 bits per heavy atom.